The molecule has 1 unspecified atom stereocenters. The average molecular weight is 627 g/mol. The lowest BCUT2D eigenvalue weighted by Gasteiger charge is -2.29. The molecule has 0 spiro atoms. The van der Waals surface area contributed by atoms with Crippen molar-refractivity contribution in [3.8, 4) is 0 Å². The van der Waals surface area contributed by atoms with E-state index in [2.05, 4.69) is 32.2 Å². The number of nitrogens with two attached hydrogens (primary N) is 1. The minimum absolute atomic E-state index is 0.161. The Hall–Kier alpha value is -2.58. The average Bonchev–Trinajstić information content (AvgIpc) is 3.52. The highest BCUT2D eigenvalue weighted by Crippen LogP contribution is 2.63. The maximum absolute atomic E-state index is 13.4. The molecular weight excluding hydrogens is 603 g/mol. The third-order valence-corrected chi connectivity index (χ3v) is 10.6. The number of nitrogen functional groups attached to an aromatic ring is 1. The van der Waals surface area contributed by atoms with Crippen molar-refractivity contribution in [2.75, 3.05) is 12.3 Å². The second-order valence-corrected chi connectivity index (χ2v) is 14.1. The molecule has 0 aromatic carbocycles. The van der Waals surface area contributed by atoms with Crippen LogP contribution in [0, 0.1) is 0 Å². The molecule has 6 N–H and O–H groups in total. The zero-order chi connectivity index (χ0) is 28.8. The van der Waals surface area contributed by atoms with E-state index in [0.717, 1.165) is 11.8 Å². The van der Waals surface area contributed by atoms with Crippen molar-refractivity contribution in [3.63, 3.8) is 0 Å². The summed E-state index contributed by atoms with van der Waals surface area (Å²) in [5, 5.41) is 41.3. The molecule has 0 radical (unpaired) electrons. The topological polar surface area (TPSA) is 235 Å². The predicted molar refractivity (Wildman–Crippen MR) is 144 cm³/mol. The van der Waals surface area contributed by atoms with Gasteiger partial charge < -0.3 is 30.9 Å². The largest absolute Gasteiger partial charge is 0.389 e. The Morgan fingerprint density at radius 1 is 1.17 bits per heavy atom. The third-order valence-electron chi connectivity index (χ3n) is 7.50. The van der Waals surface area contributed by atoms with Crippen LogP contribution in [0.15, 0.2) is 42.1 Å². The lowest BCUT2D eigenvalue weighted by Crippen LogP contribution is -2.39. The third kappa shape index (κ3) is 4.15. The van der Waals surface area contributed by atoms with Crippen LogP contribution in [0.5, 0.6) is 0 Å². The molecule has 2 saturated heterocycles. The summed E-state index contributed by atoms with van der Waals surface area (Å²) in [7, 11) is 0. The van der Waals surface area contributed by atoms with Crippen molar-refractivity contribution in [1.29, 1.82) is 0 Å². The molecule has 3 aliphatic rings. The van der Waals surface area contributed by atoms with E-state index in [1.54, 1.807) is 4.57 Å². The van der Waals surface area contributed by atoms with Crippen LogP contribution in [0.3, 0.4) is 0 Å². The van der Waals surface area contributed by atoms with Crippen molar-refractivity contribution in [3.05, 3.63) is 47.7 Å². The number of nitrogens with zero attached hydrogens (tertiary/aromatic N) is 7. The lowest BCUT2D eigenvalue weighted by molar-refractivity contribution is -0.0861. The molecule has 1 saturated carbocycles. The zero-order valence-corrected chi connectivity index (χ0v) is 23.2. The summed E-state index contributed by atoms with van der Waals surface area (Å²) in [4.78, 5) is 28.5. The summed E-state index contributed by atoms with van der Waals surface area (Å²) in [6.45, 7) is -4.65. The molecule has 10 atom stereocenters. The smallest absolute Gasteiger partial charge is 0.386 e. The quantitative estimate of drug-likeness (QED) is 0.103. The van der Waals surface area contributed by atoms with E-state index in [-0.39, 0.29) is 23.8 Å². The maximum atomic E-state index is 13.4. The van der Waals surface area contributed by atoms with Crippen LogP contribution in [0.25, 0.3) is 16.9 Å². The van der Waals surface area contributed by atoms with Gasteiger partial charge in [0.25, 0.3) is 5.56 Å². The van der Waals surface area contributed by atoms with Crippen molar-refractivity contribution in [2.45, 2.75) is 53.0 Å². The lowest BCUT2D eigenvalue weighted by atomic mass is 10.1. The van der Waals surface area contributed by atoms with Crippen molar-refractivity contribution < 1.29 is 38.8 Å². The fourth-order valence-corrected chi connectivity index (χ4v) is 8.31. The summed E-state index contributed by atoms with van der Waals surface area (Å²) in [5.41, 5.74) is 4.26. The molecule has 41 heavy (non-hydrogen) atoms. The van der Waals surface area contributed by atoms with Gasteiger partial charge in [-0.3, -0.25) is 27.4 Å². The number of imidazole rings is 2. The number of hydrogen-bond acceptors (Lipinski definition) is 15. The van der Waals surface area contributed by atoms with Gasteiger partial charge in [0.15, 0.2) is 23.3 Å². The molecule has 4 aromatic rings. The minimum atomic E-state index is -4.28. The number of aliphatic hydroxyl groups excluding tert-OH is 3. The SMILES string of the molecule is Nc1ncnc2c1ncn2[C@@H]1S[C@H](CO[P@](=O)(S)O[C@H]2[C@H](n3ccc(=O)n4ccnc34)O[C@@H]3C(O)[C@@]32O)[C@@H](O)[C@H]1O. The number of thiol groups is 1. The van der Waals surface area contributed by atoms with E-state index in [0.29, 0.717) is 11.2 Å². The van der Waals surface area contributed by atoms with Gasteiger partial charge in [0, 0.05) is 24.7 Å². The van der Waals surface area contributed by atoms with Crippen LogP contribution in [0.4, 0.5) is 5.82 Å². The Balaban J connectivity index is 1.09. The molecule has 17 nitrogen and oxygen atoms in total. The fraction of sp³-hybridized carbons (Fsp3) is 0.476. The monoisotopic (exact) mass is 626 g/mol. The molecule has 2 aliphatic heterocycles. The second-order valence-electron chi connectivity index (χ2n) is 9.86. The number of rotatable bonds is 7. The van der Waals surface area contributed by atoms with E-state index in [1.807, 2.05) is 0 Å². The fourth-order valence-electron chi connectivity index (χ4n) is 5.30. The molecule has 3 fully saturated rings. The van der Waals surface area contributed by atoms with Crippen LogP contribution < -0.4 is 11.3 Å². The van der Waals surface area contributed by atoms with E-state index < -0.39 is 59.8 Å². The van der Waals surface area contributed by atoms with E-state index >= 15 is 0 Å². The molecule has 7 rings (SSSR count). The predicted octanol–water partition coefficient (Wildman–Crippen LogP) is -1.30. The highest BCUT2D eigenvalue weighted by atomic mass is 32.7. The molecular formula is C21H23N8O9PS2. The molecule has 218 valence electrons. The number of aromatic nitrogens is 7. The standard InChI is InChI=1S/C21H23N8O9PS2/c22-16-10-17(25-6-24-16)29(7-26-10)19-12(32)11(31)8(41-19)5-36-39(35,40)38-15-18(37-14-13(33)21(14,15)34)28-3-1-9(30)27-4-2-23-20(27)28/h1-4,6-8,11-15,18-19,31-34H,5H2,(H,35,40)(H2,22,24,25)/t8-,11-,12-,13?,14-,15+,18-,19-,21-,39+/m1/s1. The number of thioether (sulfide) groups is 1. The van der Waals surface area contributed by atoms with E-state index in [1.165, 1.54) is 46.3 Å². The Morgan fingerprint density at radius 3 is 2.78 bits per heavy atom. The molecule has 1 aliphatic carbocycles. The highest BCUT2D eigenvalue weighted by Gasteiger charge is 2.78. The summed E-state index contributed by atoms with van der Waals surface area (Å²) in [6, 6.07) is 1.25. The van der Waals surface area contributed by atoms with Gasteiger partial charge in [-0.25, -0.2) is 24.5 Å². The second kappa shape index (κ2) is 9.46. The molecule has 0 bridgehead atoms. The number of ether oxygens (including phenoxy) is 1. The van der Waals surface area contributed by atoms with Gasteiger partial charge in [-0.15, -0.1) is 11.8 Å². The van der Waals surface area contributed by atoms with Gasteiger partial charge in [-0.2, -0.15) is 0 Å². The van der Waals surface area contributed by atoms with Crippen LogP contribution in [-0.4, -0.2) is 102 Å². The first kappa shape index (κ1) is 27.3. The normalized spacial score (nSPS) is 36.1. The molecule has 0 amide bonds. The first-order valence-electron chi connectivity index (χ1n) is 12.2. The number of hydrogen-bond donors (Lipinski definition) is 6. The van der Waals surface area contributed by atoms with Gasteiger partial charge in [-0.1, -0.05) is 12.2 Å². The van der Waals surface area contributed by atoms with Crippen LogP contribution in [0.1, 0.15) is 11.6 Å². The zero-order valence-electron chi connectivity index (χ0n) is 20.6. The minimum Gasteiger partial charge on any atom is -0.389 e. The maximum Gasteiger partial charge on any atom is 0.386 e. The van der Waals surface area contributed by atoms with Crippen LogP contribution in [-0.2, 0) is 18.3 Å². The van der Waals surface area contributed by atoms with Crippen molar-refractivity contribution in [2.24, 2.45) is 0 Å². The first-order valence-corrected chi connectivity index (χ1v) is 15.9. The van der Waals surface area contributed by atoms with Gasteiger partial charge in [0.2, 0.25) is 5.78 Å². The van der Waals surface area contributed by atoms with Gasteiger partial charge in [0.05, 0.1) is 24.3 Å². The Kier molecular flexibility index (Phi) is 6.29. The van der Waals surface area contributed by atoms with Gasteiger partial charge in [-0.05, 0) is 0 Å². The summed E-state index contributed by atoms with van der Waals surface area (Å²) < 4.78 is 34.5. The molecule has 20 heteroatoms. The van der Waals surface area contributed by atoms with Crippen LogP contribution in [0.2, 0.25) is 0 Å². The Morgan fingerprint density at radius 2 is 1.98 bits per heavy atom. The first-order chi connectivity index (χ1) is 19.5. The Labute approximate surface area is 238 Å². The van der Waals surface area contributed by atoms with Gasteiger partial charge >= 0.3 is 6.80 Å². The van der Waals surface area contributed by atoms with E-state index in [4.69, 9.17) is 19.5 Å². The summed E-state index contributed by atoms with van der Waals surface area (Å²) in [6.07, 6.45) is -0.626. The Bertz CT molecular complexity index is 1770. The number of anilines is 1. The molecule has 6 heterocycles. The van der Waals surface area contributed by atoms with Crippen LogP contribution >= 0.6 is 30.8 Å². The van der Waals surface area contributed by atoms with Crippen molar-refractivity contribution >= 4 is 53.6 Å². The number of aliphatic hydroxyl groups is 4. The van der Waals surface area contributed by atoms with Gasteiger partial charge in [0.1, 0.15) is 41.6 Å². The highest BCUT2D eigenvalue weighted by molar-refractivity contribution is 8.44. The summed E-state index contributed by atoms with van der Waals surface area (Å²) in [5.74, 6) is 0.323. The van der Waals surface area contributed by atoms with E-state index in [9.17, 15) is 29.8 Å². The number of fused-ring (bicyclic) bond motifs is 3. The summed E-state index contributed by atoms with van der Waals surface area (Å²) >= 11 is 5.19. The molecule has 4 aromatic heterocycles. The van der Waals surface area contributed by atoms with Crippen molar-refractivity contribution in [1.82, 2.24) is 33.5 Å².